The number of carbonyl (C=O) groups is 2. The molecule has 3 aliphatic rings. The van der Waals surface area contributed by atoms with Crippen molar-refractivity contribution in [3.8, 4) is 0 Å². The summed E-state index contributed by atoms with van der Waals surface area (Å²) in [5.74, 6) is 1.14. The van der Waals surface area contributed by atoms with Crippen LogP contribution in [0.5, 0.6) is 0 Å². The SMILES string of the molecule is O=C(Cc1ccccc1)N1CC[C@H](c2nc3c(c(=O)[nH]2)CCN(C(=O)C2CCC2)C3)C1. The van der Waals surface area contributed by atoms with E-state index < -0.39 is 0 Å². The van der Waals surface area contributed by atoms with E-state index >= 15 is 0 Å². The summed E-state index contributed by atoms with van der Waals surface area (Å²) < 4.78 is 0. The Morgan fingerprint density at radius 2 is 1.87 bits per heavy atom. The van der Waals surface area contributed by atoms with E-state index in [1.54, 1.807) is 0 Å². The van der Waals surface area contributed by atoms with Gasteiger partial charge in [-0.15, -0.1) is 0 Å². The van der Waals surface area contributed by atoms with Crippen molar-refractivity contribution in [2.24, 2.45) is 5.92 Å². The van der Waals surface area contributed by atoms with Crippen LogP contribution in [0.4, 0.5) is 0 Å². The lowest BCUT2D eigenvalue weighted by atomic mass is 9.84. The Morgan fingerprint density at radius 1 is 1.06 bits per heavy atom. The first-order valence-corrected chi connectivity index (χ1v) is 11.3. The summed E-state index contributed by atoms with van der Waals surface area (Å²) in [4.78, 5) is 49.5. The summed E-state index contributed by atoms with van der Waals surface area (Å²) >= 11 is 0. The van der Waals surface area contributed by atoms with E-state index in [0.29, 0.717) is 50.4 Å². The maximum Gasteiger partial charge on any atom is 0.254 e. The second-order valence-corrected chi connectivity index (χ2v) is 9.00. The molecule has 3 heterocycles. The fraction of sp³-hybridized carbons (Fsp3) is 0.500. The standard InChI is InChI=1S/C24H28N4O3/c29-21(13-16-5-2-1-3-6-16)27-11-9-18(14-27)22-25-20-15-28(24(31)17-7-4-8-17)12-10-19(20)23(30)26-22/h1-3,5-6,17-18H,4,7-15H2,(H,25,26,30)/t18-/m0/s1. The van der Waals surface area contributed by atoms with Crippen LogP contribution in [0.15, 0.2) is 35.1 Å². The number of amides is 2. The molecule has 2 aliphatic heterocycles. The van der Waals surface area contributed by atoms with Crippen LogP contribution >= 0.6 is 0 Å². The molecule has 2 fully saturated rings. The molecular formula is C24H28N4O3. The zero-order valence-corrected chi connectivity index (χ0v) is 17.7. The molecule has 2 amide bonds. The first kappa shape index (κ1) is 20.0. The zero-order chi connectivity index (χ0) is 21.4. The normalized spacial score (nSPS) is 21.0. The average molecular weight is 421 g/mol. The van der Waals surface area contributed by atoms with E-state index in [4.69, 9.17) is 4.98 Å². The van der Waals surface area contributed by atoms with Crippen LogP contribution in [-0.2, 0) is 29.0 Å². The van der Waals surface area contributed by atoms with Gasteiger partial charge in [0.2, 0.25) is 11.8 Å². The number of hydrogen-bond acceptors (Lipinski definition) is 4. The molecule has 0 bridgehead atoms. The molecule has 162 valence electrons. The van der Waals surface area contributed by atoms with Crippen molar-refractivity contribution in [3.05, 3.63) is 63.3 Å². The smallest absolute Gasteiger partial charge is 0.254 e. The summed E-state index contributed by atoms with van der Waals surface area (Å²) in [5, 5.41) is 0. The molecule has 7 nitrogen and oxygen atoms in total. The molecule has 5 rings (SSSR count). The first-order valence-electron chi connectivity index (χ1n) is 11.3. The summed E-state index contributed by atoms with van der Waals surface area (Å²) in [6, 6.07) is 9.75. The number of benzene rings is 1. The van der Waals surface area contributed by atoms with Crippen molar-refractivity contribution in [2.45, 2.75) is 51.0 Å². The Hall–Kier alpha value is -2.96. The second-order valence-electron chi connectivity index (χ2n) is 9.00. The Bertz CT molecular complexity index is 1040. The van der Waals surface area contributed by atoms with Gasteiger partial charge in [0.1, 0.15) is 5.82 Å². The molecule has 0 radical (unpaired) electrons. The van der Waals surface area contributed by atoms with Gasteiger partial charge in [-0.25, -0.2) is 4.98 Å². The van der Waals surface area contributed by atoms with E-state index in [1.165, 1.54) is 0 Å². The molecule has 1 atom stereocenters. The Kier molecular flexibility index (Phi) is 5.34. The van der Waals surface area contributed by atoms with Gasteiger partial charge in [0, 0.05) is 37.0 Å². The van der Waals surface area contributed by atoms with Gasteiger partial charge in [-0.3, -0.25) is 14.4 Å². The lowest BCUT2D eigenvalue weighted by Gasteiger charge is -2.34. The van der Waals surface area contributed by atoms with E-state index in [9.17, 15) is 14.4 Å². The maximum atomic E-state index is 12.7. The van der Waals surface area contributed by atoms with Gasteiger partial charge >= 0.3 is 0 Å². The molecule has 1 N–H and O–H groups in total. The van der Waals surface area contributed by atoms with Gasteiger partial charge in [-0.2, -0.15) is 0 Å². The number of H-pyrrole nitrogens is 1. The number of nitrogens with one attached hydrogen (secondary N) is 1. The summed E-state index contributed by atoms with van der Waals surface area (Å²) in [7, 11) is 0. The average Bonchev–Trinajstić information content (AvgIpc) is 3.23. The van der Waals surface area contributed by atoms with Crippen LogP contribution in [0.25, 0.3) is 0 Å². The lowest BCUT2D eigenvalue weighted by molar-refractivity contribution is -0.139. The van der Waals surface area contributed by atoms with Crippen molar-refractivity contribution in [1.82, 2.24) is 19.8 Å². The predicted molar refractivity (Wildman–Crippen MR) is 115 cm³/mol. The zero-order valence-electron chi connectivity index (χ0n) is 17.7. The minimum atomic E-state index is -0.0928. The number of hydrogen-bond donors (Lipinski definition) is 1. The van der Waals surface area contributed by atoms with Crippen LogP contribution < -0.4 is 5.56 Å². The van der Waals surface area contributed by atoms with Crippen LogP contribution in [0.3, 0.4) is 0 Å². The third kappa shape index (κ3) is 4.01. The Labute approximate surface area is 181 Å². The minimum absolute atomic E-state index is 0.0235. The fourth-order valence-corrected chi connectivity index (χ4v) is 4.85. The van der Waals surface area contributed by atoms with E-state index in [1.807, 2.05) is 40.1 Å². The number of carbonyl (C=O) groups excluding carboxylic acids is 2. The summed E-state index contributed by atoms with van der Waals surface area (Å²) in [6.45, 7) is 2.25. The predicted octanol–water partition coefficient (Wildman–Crippen LogP) is 2.01. The van der Waals surface area contributed by atoms with Crippen LogP contribution in [-0.4, -0.2) is 51.2 Å². The van der Waals surface area contributed by atoms with E-state index in [2.05, 4.69) is 4.98 Å². The molecule has 1 saturated heterocycles. The molecule has 1 aromatic carbocycles. The number of aromatic amines is 1. The third-order valence-electron chi connectivity index (χ3n) is 6.98. The van der Waals surface area contributed by atoms with E-state index in [-0.39, 0.29) is 29.2 Å². The molecule has 1 aliphatic carbocycles. The fourth-order valence-electron chi connectivity index (χ4n) is 4.85. The van der Waals surface area contributed by atoms with Gasteiger partial charge < -0.3 is 14.8 Å². The molecule has 31 heavy (non-hydrogen) atoms. The number of rotatable bonds is 4. The maximum absolute atomic E-state index is 12.7. The number of aromatic nitrogens is 2. The molecule has 0 spiro atoms. The van der Waals surface area contributed by atoms with Gasteiger partial charge in [-0.05, 0) is 31.2 Å². The molecule has 1 aromatic heterocycles. The van der Waals surface area contributed by atoms with Crippen molar-refractivity contribution >= 4 is 11.8 Å². The van der Waals surface area contributed by atoms with Gasteiger partial charge in [0.15, 0.2) is 0 Å². The Balaban J connectivity index is 1.28. The highest BCUT2D eigenvalue weighted by atomic mass is 16.2. The highest BCUT2D eigenvalue weighted by Crippen LogP contribution is 2.30. The van der Waals surface area contributed by atoms with E-state index in [0.717, 1.165) is 36.9 Å². The summed E-state index contributed by atoms with van der Waals surface area (Å²) in [6.07, 6.45) is 4.82. The Morgan fingerprint density at radius 3 is 2.61 bits per heavy atom. The van der Waals surface area contributed by atoms with Crippen molar-refractivity contribution in [3.63, 3.8) is 0 Å². The van der Waals surface area contributed by atoms with Crippen molar-refractivity contribution < 1.29 is 9.59 Å². The molecule has 0 unspecified atom stereocenters. The van der Waals surface area contributed by atoms with Gasteiger partial charge in [0.05, 0.1) is 18.7 Å². The highest BCUT2D eigenvalue weighted by Gasteiger charge is 2.34. The number of fused-ring (bicyclic) bond motifs is 1. The number of nitrogens with zero attached hydrogens (tertiary/aromatic N) is 3. The largest absolute Gasteiger partial charge is 0.342 e. The monoisotopic (exact) mass is 420 g/mol. The van der Waals surface area contributed by atoms with Crippen LogP contribution in [0.1, 0.15) is 54.2 Å². The van der Waals surface area contributed by atoms with Gasteiger partial charge in [-0.1, -0.05) is 36.8 Å². The molecule has 2 aromatic rings. The topological polar surface area (TPSA) is 86.4 Å². The second kappa shape index (κ2) is 8.29. The van der Waals surface area contributed by atoms with Crippen molar-refractivity contribution in [1.29, 1.82) is 0 Å². The first-order chi connectivity index (χ1) is 15.1. The van der Waals surface area contributed by atoms with Crippen molar-refractivity contribution in [2.75, 3.05) is 19.6 Å². The van der Waals surface area contributed by atoms with Crippen LogP contribution in [0, 0.1) is 5.92 Å². The highest BCUT2D eigenvalue weighted by molar-refractivity contribution is 5.80. The minimum Gasteiger partial charge on any atom is -0.342 e. The molecular weight excluding hydrogens is 392 g/mol. The van der Waals surface area contributed by atoms with Crippen LogP contribution in [0.2, 0.25) is 0 Å². The van der Waals surface area contributed by atoms with Gasteiger partial charge in [0.25, 0.3) is 5.56 Å². The summed E-state index contributed by atoms with van der Waals surface area (Å²) in [5.41, 5.74) is 2.35. The lowest BCUT2D eigenvalue weighted by Crippen LogP contribution is -2.43. The molecule has 7 heteroatoms. The molecule has 1 saturated carbocycles. The third-order valence-corrected chi connectivity index (χ3v) is 6.98. The quantitative estimate of drug-likeness (QED) is 0.820. The number of likely N-dealkylation sites (tertiary alicyclic amines) is 1.